The Kier molecular flexibility index (Phi) is 5.78. The number of benzene rings is 1. The smallest absolute Gasteiger partial charge is 0.191 e. The predicted octanol–water partition coefficient (Wildman–Crippen LogP) is 2.11. The van der Waals surface area contributed by atoms with Crippen LogP contribution in [0.5, 0.6) is 5.75 Å². The number of hydrogen-bond donors (Lipinski definition) is 2. The summed E-state index contributed by atoms with van der Waals surface area (Å²) in [7, 11) is 3.43. The zero-order chi connectivity index (χ0) is 18.4. The monoisotopic (exact) mass is 357 g/mol. The number of methoxy groups -OCH3 is 1. The summed E-state index contributed by atoms with van der Waals surface area (Å²) in [6, 6.07) is 9.79. The zero-order valence-corrected chi connectivity index (χ0v) is 15.7. The van der Waals surface area contributed by atoms with Gasteiger partial charge in [-0.05, 0) is 50.1 Å². The minimum Gasteiger partial charge on any atom is -0.497 e. The van der Waals surface area contributed by atoms with Crippen LogP contribution in [0.1, 0.15) is 25.5 Å². The fourth-order valence-corrected chi connectivity index (χ4v) is 2.98. The summed E-state index contributed by atoms with van der Waals surface area (Å²) >= 11 is 0. The normalized spacial score (nSPS) is 20.2. The first-order valence-electron chi connectivity index (χ1n) is 8.89. The van der Waals surface area contributed by atoms with E-state index in [1.165, 1.54) is 0 Å². The van der Waals surface area contributed by atoms with E-state index in [1.54, 1.807) is 14.2 Å². The maximum absolute atomic E-state index is 5.80. The van der Waals surface area contributed by atoms with Crippen molar-refractivity contribution in [3.63, 3.8) is 0 Å². The van der Waals surface area contributed by atoms with Crippen LogP contribution < -0.4 is 15.4 Å². The Hall–Kier alpha value is -2.54. The van der Waals surface area contributed by atoms with Crippen molar-refractivity contribution in [1.29, 1.82) is 0 Å². The first-order chi connectivity index (χ1) is 12.6. The first kappa shape index (κ1) is 18.3. The van der Waals surface area contributed by atoms with Crippen LogP contribution >= 0.6 is 0 Å². The van der Waals surface area contributed by atoms with Crippen LogP contribution in [0.3, 0.4) is 0 Å². The number of nitrogens with one attached hydrogen (secondary N) is 2. The minimum absolute atomic E-state index is 0.104. The molecule has 0 radical (unpaired) electrons. The second kappa shape index (κ2) is 8.23. The highest BCUT2D eigenvalue weighted by molar-refractivity contribution is 5.79. The molecule has 3 rings (SSSR count). The van der Waals surface area contributed by atoms with Crippen LogP contribution in [0.2, 0.25) is 0 Å². The first-order valence-corrected chi connectivity index (χ1v) is 8.89. The maximum atomic E-state index is 5.80. The third kappa shape index (κ3) is 4.54. The molecule has 0 saturated carbocycles. The van der Waals surface area contributed by atoms with E-state index >= 15 is 0 Å². The zero-order valence-electron chi connectivity index (χ0n) is 15.7. The predicted molar refractivity (Wildman–Crippen MR) is 102 cm³/mol. The molecule has 1 saturated heterocycles. The molecule has 7 nitrogen and oxygen atoms in total. The topological polar surface area (TPSA) is 72.7 Å². The van der Waals surface area contributed by atoms with Crippen LogP contribution in [0.15, 0.2) is 41.5 Å². The number of nitrogens with zero attached hydrogens (tertiary/aromatic N) is 3. The summed E-state index contributed by atoms with van der Waals surface area (Å²) in [5, 5.41) is 11.2. The standard InChI is InChI=1S/C19H27N5O2/c1-19(10-4-12-26-19)14-22-18(20-2)21-13-15-9-11-24(23-15)16-5-7-17(25-3)8-6-16/h5-9,11H,4,10,12-14H2,1-3H3,(H2,20,21,22). The number of hydrogen-bond acceptors (Lipinski definition) is 4. The van der Waals surface area contributed by atoms with Gasteiger partial charge in [-0.3, -0.25) is 4.99 Å². The van der Waals surface area contributed by atoms with Gasteiger partial charge in [0, 0.05) is 26.4 Å². The maximum Gasteiger partial charge on any atom is 0.191 e. The molecule has 0 bridgehead atoms. The second-order valence-electron chi connectivity index (χ2n) is 6.63. The SMILES string of the molecule is CN=C(NCc1ccn(-c2ccc(OC)cc2)n1)NCC1(C)CCCO1. The van der Waals surface area contributed by atoms with E-state index in [0.717, 1.165) is 49.1 Å². The molecule has 2 N–H and O–H groups in total. The van der Waals surface area contributed by atoms with Crippen LogP contribution in [0.25, 0.3) is 5.69 Å². The highest BCUT2D eigenvalue weighted by Gasteiger charge is 2.29. The van der Waals surface area contributed by atoms with Crippen molar-refractivity contribution in [2.45, 2.75) is 31.9 Å². The number of aliphatic imine (C=N–C) groups is 1. The molecule has 7 heteroatoms. The fraction of sp³-hybridized carbons (Fsp3) is 0.474. The van der Waals surface area contributed by atoms with E-state index in [4.69, 9.17) is 9.47 Å². The molecule has 1 unspecified atom stereocenters. The van der Waals surface area contributed by atoms with Crippen molar-refractivity contribution in [1.82, 2.24) is 20.4 Å². The Balaban J connectivity index is 1.53. The summed E-state index contributed by atoms with van der Waals surface area (Å²) in [6.07, 6.45) is 4.14. The lowest BCUT2D eigenvalue weighted by molar-refractivity contribution is 0.0243. The lowest BCUT2D eigenvalue weighted by Gasteiger charge is -2.24. The molecular weight excluding hydrogens is 330 g/mol. The van der Waals surface area contributed by atoms with Crippen molar-refractivity contribution in [3.05, 3.63) is 42.2 Å². The van der Waals surface area contributed by atoms with Crippen molar-refractivity contribution < 1.29 is 9.47 Å². The molecule has 1 atom stereocenters. The van der Waals surface area contributed by atoms with Gasteiger partial charge in [-0.2, -0.15) is 5.10 Å². The summed E-state index contributed by atoms with van der Waals surface area (Å²) in [6.45, 7) is 4.32. The molecule has 0 amide bonds. The molecule has 1 aromatic heterocycles. The van der Waals surface area contributed by atoms with Crippen LogP contribution in [-0.4, -0.2) is 48.7 Å². The van der Waals surface area contributed by atoms with E-state index in [2.05, 4.69) is 27.6 Å². The van der Waals surface area contributed by atoms with Crippen LogP contribution in [-0.2, 0) is 11.3 Å². The third-order valence-electron chi connectivity index (χ3n) is 4.57. The Morgan fingerprint density at radius 3 is 2.77 bits per heavy atom. The average Bonchev–Trinajstić information content (AvgIpc) is 3.32. The molecule has 2 aromatic rings. The quantitative estimate of drug-likeness (QED) is 0.612. The Morgan fingerprint density at radius 1 is 1.31 bits per heavy atom. The summed E-state index contributed by atoms with van der Waals surface area (Å²) < 4.78 is 12.8. The van der Waals surface area contributed by atoms with Crippen LogP contribution in [0, 0.1) is 0 Å². The van der Waals surface area contributed by atoms with Crippen molar-refractivity contribution in [3.8, 4) is 11.4 Å². The highest BCUT2D eigenvalue weighted by atomic mass is 16.5. The van der Waals surface area contributed by atoms with Gasteiger partial charge in [-0.1, -0.05) is 0 Å². The number of aromatic nitrogens is 2. The number of ether oxygens (including phenoxy) is 2. The number of guanidine groups is 1. The molecule has 0 spiro atoms. The van der Waals surface area contributed by atoms with Crippen molar-refractivity contribution in [2.24, 2.45) is 4.99 Å². The molecule has 0 aliphatic carbocycles. The molecule has 1 fully saturated rings. The molecule has 1 aliphatic heterocycles. The van der Waals surface area contributed by atoms with Gasteiger partial charge >= 0.3 is 0 Å². The Morgan fingerprint density at radius 2 is 2.12 bits per heavy atom. The van der Waals surface area contributed by atoms with Gasteiger partial charge in [0.2, 0.25) is 0 Å². The van der Waals surface area contributed by atoms with E-state index in [0.29, 0.717) is 6.54 Å². The van der Waals surface area contributed by atoms with Gasteiger partial charge in [0.05, 0.1) is 30.6 Å². The summed E-state index contributed by atoms with van der Waals surface area (Å²) in [5.41, 5.74) is 1.83. The molecule has 1 aromatic carbocycles. The van der Waals surface area contributed by atoms with Gasteiger partial charge in [-0.15, -0.1) is 0 Å². The van der Waals surface area contributed by atoms with Gasteiger partial charge < -0.3 is 20.1 Å². The van der Waals surface area contributed by atoms with Crippen LogP contribution in [0.4, 0.5) is 0 Å². The lowest BCUT2D eigenvalue weighted by Crippen LogP contribution is -2.45. The Labute approximate surface area is 154 Å². The molecule has 1 aliphatic rings. The van der Waals surface area contributed by atoms with Crippen molar-refractivity contribution >= 4 is 5.96 Å². The van der Waals surface area contributed by atoms with Gasteiger partial charge in [0.25, 0.3) is 0 Å². The largest absolute Gasteiger partial charge is 0.497 e. The minimum atomic E-state index is -0.104. The molecule has 140 valence electrons. The molecule has 26 heavy (non-hydrogen) atoms. The van der Waals surface area contributed by atoms with E-state index < -0.39 is 0 Å². The van der Waals surface area contributed by atoms with E-state index in [1.807, 2.05) is 41.2 Å². The van der Waals surface area contributed by atoms with Crippen molar-refractivity contribution in [2.75, 3.05) is 27.3 Å². The highest BCUT2D eigenvalue weighted by Crippen LogP contribution is 2.23. The number of rotatable bonds is 6. The lowest BCUT2D eigenvalue weighted by atomic mass is 10.0. The van der Waals surface area contributed by atoms with E-state index in [9.17, 15) is 0 Å². The molecular formula is C19H27N5O2. The third-order valence-corrected chi connectivity index (χ3v) is 4.57. The van der Waals surface area contributed by atoms with Gasteiger partial charge in [-0.25, -0.2) is 4.68 Å². The molecule has 2 heterocycles. The van der Waals surface area contributed by atoms with E-state index in [-0.39, 0.29) is 5.60 Å². The fourth-order valence-electron chi connectivity index (χ4n) is 2.98. The second-order valence-corrected chi connectivity index (χ2v) is 6.63. The summed E-state index contributed by atoms with van der Waals surface area (Å²) in [5.74, 6) is 1.58. The van der Waals surface area contributed by atoms with Gasteiger partial charge in [0.15, 0.2) is 5.96 Å². The summed E-state index contributed by atoms with van der Waals surface area (Å²) in [4.78, 5) is 4.27. The Bertz CT molecular complexity index is 733. The van der Waals surface area contributed by atoms with Gasteiger partial charge in [0.1, 0.15) is 5.75 Å². The average molecular weight is 357 g/mol.